The van der Waals surface area contributed by atoms with Gasteiger partial charge < -0.3 is 25.5 Å². The lowest BCUT2D eigenvalue weighted by Gasteiger charge is -2.36. The number of nitrogens with one attached hydrogen (secondary N) is 2. The molecular weight excluding hydrogens is 542 g/mol. The van der Waals surface area contributed by atoms with Crippen molar-refractivity contribution in [3.05, 3.63) is 36.0 Å². The second-order valence-electron chi connectivity index (χ2n) is 12.1. The van der Waals surface area contributed by atoms with Crippen LogP contribution in [0.25, 0.3) is 11.2 Å². The van der Waals surface area contributed by atoms with Gasteiger partial charge in [-0.15, -0.1) is 0 Å². The number of piperazine rings is 1. The molecule has 3 N–H and O–H groups in total. The lowest BCUT2D eigenvalue weighted by molar-refractivity contribution is -0.138. The smallest absolute Gasteiger partial charge is 0.225 e. The fourth-order valence-corrected chi connectivity index (χ4v) is 6.64. The first kappa shape index (κ1) is 28.7. The average molecular weight is 583 g/mol. The molecule has 3 fully saturated rings. The van der Waals surface area contributed by atoms with Gasteiger partial charge in [0.15, 0.2) is 5.65 Å². The third-order valence-electron chi connectivity index (χ3n) is 9.27. The summed E-state index contributed by atoms with van der Waals surface area (Å²) in [5, 5.41) is 16.2. The molecule has 2 saturated carbocycles. The average Bonchev–Trinajstić information content (AvgIpc) is 3.36. The number of nitrogens with zero attached hydrogens (tertiary/aromatic N) is 6. The third-order valence-corrected chi connectivity index (χ3v) is 9.27. The number of likely N-dealkylation sites (N-methyl/N-ethyl adjacent to an activating group) is 1. The first-order valence-electron chi connectivity index (χ1n) is 15.2. The molecule has 1 saturated heterocycles. The molecule has 3 aliphatic rings. The van der Waals surface area contributed by atoms with E-state index in [2.05, 4.69) is 27.6 Å². The molecule has 1 aliphatic heterocycles. The topological polar surface area (TPSA) is 111 Å². The molecule has 226 valence electrons. The van der Waals surface area contributed by atoms with E-state index in [-0.39, 0.29) is 42.1 Å². The van der Waals surface area contributed by atoms with Crippen LogP contribution in [-0.4, -0.2) is 86.2 Å². The molecule has 0 atom stereocenters. The SMILES string of the molecule is CN1CCN(C(=O)[C@H]2CC[C@H](Nc3ncc4nc(Nc5ccc(F)cc5F)n([C@H]5CC[C@@H](CO)CC5)c4n3)CC2)CC1. The lowest BCUT2D eigenvalue weighted by Crippen LogP contribution is -2.49. The van der Waals surface area contributed by atoms with Crippen LogP contribution in [0, 0.1) is 23.5 Å². The van der Waals surface area contributed by atoms with Crippen molar-refractivity contribution in [2.75, 3.05) is 50.5 Å². The zero-order valence-electron chi connectivity index (χ0n) is 24.1. The highest BCUT2D eigenvalue weighted by molar-refractivity contribution is 5.79. The Morgan fingerprint density at radius 3 is 2.43 bits per heavy atom. The van der Waals surface area contributed by atoms with Gasteiger partial charge in [0.1, 0.15) is 17.2 Å². The van der Waals surface area contributed by atoms with Gasteiger partial charge in [-0.3, -0.25) is 9.36 Å². The number of benzene rings is 1. The highest BCUT2D eigenvalue weighted by Gasteiger charge is 2.31. The van der Waals surface area contributed by atoms with E-state index in [4.69, 9.17) is 9.97 Å². The molecule has 0 radical (unpaired) electrons. The lowest BCUT2D eigenvalue weighted by atomic mass is 9.85. The summed E-state index contributed by atoms with van der Waals surface area (Å²) >= 11 is 0. The van der Waals surface area contributed by atoms with Crippen molar-refractivity contribution in [1.29, 1.82) is 0 Å². The molecule has 3 heterocycles. The summed E-state index contributed by atoms with van der Waals surface area (Å²) in [5.41, 5.74) is 1.35. The van der Waals surface area contributed by atoms with Crippen molar-refractivity contribution in [2.24, 2.45) is 11.8 Å². The number of aromatic nitrogens is 4. The van der Waals surface area contributed by atoms with Crippen LogP contribution in [0.1, 0.15) is 57.4 Å². The first-order chi connectivity index (χ1) is 20.4. The number of aliphatic hydroxyl groups is 1. The van der Waals surface area contributed by atoms with Crippen LogP contribution in [0.2, 0.25) is 0 Å². The maximum atomic E-state index is 14.6. The Balaban J connectivity index is 1.18. The normalized spacial score (nSPS) is 25.5. The van der Waals surface area contributed by atoms with E-state index < -0.39 is 11.6 Å². The zero-order valence-corrected chi connectivity index (χ0v) is 24.1. The molecule has 3 aromatic rings. The summed E-state index contributed by atoms with van der Waals surface area (Å²) in [6.45, 7) is 3.64. The molecule has 2 aromatic heterocycles. The minimum Gasteiger partial charge on any atom is -0.396 e. The Kier molecular flexibility index (Phi) is 8.53. The molecule has 0 spiro atoms. The molecule has 1 aromatic carbocycles. The number of hydrogen-bond donors (Lipinski definition) is 3. The van der Waals surface area contributed by atoms with Gasteiger partial charge in [0, 0.05) is 56.9 Å². The maximum Gasteiger partial charge on any atom is 0.225 e. The van der Waals surface area contributed by atoms with E-state index in [1.807, 2.05) is 9.47 Å². The van der Waals surface area contributed by atoms with Gasteiger partial charge in [-0.05, 0) is 76.5 Å². The highest BCUT2D eigenvalue weighted by atomic mass is 19.1. The van der Waals surface area contributed by atoms with Crippen LogP contribution in [0.5, 0.6) is 0 Å². The molecule has 0 unspecified atom stereocenters. The van der Waals surface area contributed by atoms with Gasteiger partial charge in [0.05, 0.1) is 11.9 Å². The number of carbonyl (C=O) groups is 1. The molecule has 10 nitrogen and oxygen atoms in total. The van der Waals surface area contributed by atoms with E-state index in [1.54, 1.807) is 6.20 Å². The molecule has 6 rings (SSSR count). The van der Waals surface area contributed by atoms with Crippen LogP contribution >= 0.6 is 0 Å². The van der Waals surface area contributed by atoms with Gasteiger partial charge in [-0.1, -0.05) is 0 Å². The Morgan fingerprint density at radius 1 is 1.00 bits per heavy atom. The quantitative estimate of drug-likeness (QED) is 0.378. The van der Waals surface area contributed by atoms with Crippen molar-refractivity contribution in [3.63, 3.8) is 0 Å². The monoisotopic (exact) mass is 582 g/mol. The van der Waals surface area contributed by atoms with Gasteiger partial charge in [-0.2, -0.15) is 4.98 Å². The molecule has 1 amide bonds. The van der Waals surface area contributed by atoms with Crippen molar-refractivity contribution in [1.82, 2.24) is 29.3 Å². The third kappa shape index (κ3) is 6.19. The van der Waals surface area contributed by atoms with E-state index in [0.29, 0.717) is 23.1 Å². The van der Waals surface area contributed by atoms with Crippen LogP contribution in [0.3, 0.4) is 0 Å². The summed E-state index contributed by atoms with van der Waals surface area (Å²) in [6.07, 6.45) is 8.50. The number of imidazole rings is 1. The number of hydrogen-bond acceptors (Lipinski definition) is 8. The first-order valence-corrected chi connectivity index (χ1v) is 15.2. The summed E-state index contributed by atoms with van der Waals surface area (Å²) in [6, 6.07) is 3.64. The minimum atomic E-state index is -0.701. The number of fused-ring (bicyclic) bond motifs is 1. The van der Waals surface area contributed by atoms with Gasteiger partial charge in [-0.25, -0.2) is 18.7 Å². The predicted molar refractivity (Wildman–Crippen MR) is 156 cm³/mol. The second-order valence-corrected chi connectivity index (χ2v) is 12.1. The highest BCUT2D eigenvalue weighted by Crippen LogP contribution is 2.37. The number of amides is 1. The van der Waals surface area contributed by atoms with Crippen LogP contribution in [0.15, 0.2) is 24.4 Å². The Labute approximate surface area is 244 Å². The summed E-state index contributed by atoms with van der Waals surface area (Å²) in [7, 11) is 2.09. The van der Waals surface area contributed by atoms with Crippen molar-refractivity contribution < 1.29 is 18.7 Å². The second kappa shape index (κ2) is 12.5. The number of aliphatic hydroxyl groups excluding tert-OH is 1. The van der Waals surface area contributed by atoms with E-state index >= 15 is 0 Å². The Hall–Kier alpha value is -3.38. The fraction of sp³-hybridized carbons (Fsp3) is 0.600. The molecule has 42 heavy (non-hydrogen) atoms. The number of anilines is 3. The van der Waals surface area contributed by atoms with Crippen molar-refractivity contribution in [2.45, 2.75) is 63.5 Å². The molecular formula is C30H40F2N8O2. The van der Waals surface area contributed by atoms with Crippen LogP contribution in [-0.2, 0) is 4.79 Å². The van der Waals surface area contributed by atoms with Crippen molar-refractivity contribution in [3.8, 4) is 0 Å². The molecule has 0 bridgehead atoms. The van der Waals surface area contributed by atoms with Crippen LogP contribution < -0.4 is 10.6 Å². The maximum absolute atomic E-state index is 14.6. The zero-order chi connectivity index (χ0) is 29.2. The standard InChI is InChI=1S/C30H40F2N8O2/c1-38-12-14-39(15-13-38)28(42)20-4-7-22(8-5-20)34-29-33-17-26-27(37-29)40(23-9-2-19(18-41)3-10-23)30(36-26)35-25-11-6-21(31)16-24(25)32/h6,11,16-17,19-20,22-23,41H,2-5,7-10,12-15,18H2,1H3,(H,35,36)(H,33,34,37)/t19-,20-,22-,23+. The van der Waals surface area contributed by atoms with E-state index in [1.165, 1.54) is 12.1 Å². The van der Waals surface area contributed by atoms with E-state index in [9.17, 15) is 18.7 Å². The summed E-state index contributed by atoms with van der Waals surface area (Å²) in [4.78, 5) is 31.4. The summed E-state index contributed by atoms with van der Waals surface area (Å²) in [5.74, 6) is 0.217. The number of halogens is 2. The van der Waals surface area contributed by atoms with Crippen molar-refractivity contribution >= 4 is 34.7 Å². The fourth-order valence-electron chi connectivity index (χ4n) is 6.64. The largest absolute Gasteiger partial charge is 0.396 e. The minimum absolute atomic E-state index is 0.0579. The Bertz CT molecular complexity index is 1390. The van der Waals surface area contributed by atoms with E-state index in [0.717, 1.165) is 83.6 Å². The van der Waals surface area contributed by atoms with Gasteiger partial charge in [0.2, 0.25) is 17.8 Å². The van der Waals surface area contributed by atoms with Gasteiger partial charge in [0.25, 0.3) is 0 Å². The summed E-state index contributed by atoms with van der Waals surface area (Å²) < 4.78 is 30.1. The Morgan fingerprint density at radius 2 is 1.74 bits per heavy atom. The molecule has 12 heteroatoms. The predicted octanol–water partition coefficient (Wildman–Crippen LogP) is 4.32. The van der Waals surface area contributed by atoms with Gasteiger partial charge >= 0.3 is 0 Å². The molecule has 2 aliphatic carbocycles. The number of carbonyl (C=O) groups excluding carboxylic acids is 1. The number of rotatable bonds is 7. The van der Waals surface area contributed by atoms with Crippen LogP contribution in [0.4, 0.5) is 26.4 Å².